The number of benzene rings is 1. The summed E-state index contributed by atoms with van der Waals surface area (Å²) < 4.78 is 25.9. The first kappa shape index (κ1) is 13.1. The lowest BCUT2D eigenvalue weighted by molar-refractivity contribution is -0.140. The third kappa shape index (κ3) is 1.75. The molecule has 0 aliphatic heterocycles. The van der Waals surface area contributed by atoms with Gasteiger partial charge in [-0.3, -0.25) is 4.79 Å². The van der Waals surface area contributed by atoms with Crippen molar-refractivity contribution in [1.82, 2.24) is 0 Å². The van der Waals surface area contributed by atoms with Crippen molar-refractivity contribution in [3.8, 4) is 0 Å². The highest BCUT2D eigenvalue weighted by molar-refractivity contribution is 9.10. The van der Waals surface area contributed by atoms with Crippen molar-refractivity contribution in [1.29, 1.82) is 0 Å². The second kappa shape index (κ2) is 3.80. The molecule has 1 unspecified atom stereocenters. The van der Waals surface area contributed by atoms with E-state index in [2.05, 4.69) is 15.9 Å². The fourth-order valence-corrected chi connectivity index (χ4v) is 3.00. The van der Waals surface area contributed by atoms with E-state index in [0.717, 1.165) is 12.1 Å². The summed E-state index contributed by atoms with van der Waals surface area (Å²) in [5.74, 6) is -3.41. The van der Waals surface area contributed by atoms with Crippen LogP contribution in [-0.2, 0) is 10.2 Å². The van der Waals surface area contributed by atoms with Gasteiger partial charge in [-0.25, -0.2) is 8.78 Å². The molecule has 1 atom stereocenters. The fraction of sp³-hybridized carbons (Fsp3) is 0.300. The highest BCUT2D eigenvalue weighted by Gasteiger charge is 2.74. The van der Waals surface area contributed by atoms with E-state index in [1.54, 1.807) is 0 Å². The number of carboxylic acids is 1. The van der Waals surface area contributed by atoms with Crippen LogP contribution in [0.3, 0.4) is 0 Å². The lowest BCUT2D eigenvalue weighted by Gasteiger charge is -2.15. The molecule has 2 nitrogen and oxygen atoms in total. The molecule has 0 heterocycles. The van der Waals surface area contributed by atoms with E-state index in [-0.39, 0.29) is 10.9 Å². The van der Waals surface area contributed by atoms with Crippen LogP contribution in [0.5, 0.6) is 0 Å². The Hall–Kier alpha value is -0.390. The molecule has 0 saturated heterocycles. The zero-order chi connectivity index (χ0) is 13.0. The molecule has 1 fully saturated rings. The number of carboxylic acid groups (broad SMARTS) is 1. The summed E-state index contributed by atoms with van der Waals surface area (Å²) in [6.45, 7) is 0. The molecule has 1 aliphatic rings. The van der Waals surface area contributed by atoms with Crippen molar-refractivity contribution < 1.29 is 18.7 Å². The predicted octanol–water partition coefficient (Wildman–Crippen LogP) is 3.63. The van der Waals surface area contributed by atoms with Gasteiger partial charge in [0.25, 0.3) is 0 Å². The Balaban J connectivity index is 2.66. The molecule has 7 heteroatoms. The zero-order valence-electron chi connectivity index (χ0n) is 8.11. The van der Waals surface area contributed by atoms with E-state index in [1.165, 1.54) is 0 Å². The molecular weight excluding hydrogens is 341 g/mol. The smallest absolute Gasteiger partial charge is 0.317 e. The minimum Gasteiger partial charge on any atom is -0.480 e. The number of rotatable bonds is 2. The van der Waals surface area contributed by atoms with Crippen LogP contribution in [0, 0.1) is 11.6 Å². The van der Waals surface area contributed by atoms with Gasteiger partial charge in [0.15, 0.2) is 0 Å². The Labute approximate surface area is 114 Å². The Morgan fingerprint density at radius 2 is 1.76 bits per heavy atom. The van der Waals surface area contributed by atoms with Crippen LogP contribution in [0.25, 0.3) is 0 Å². The molecule has 92 valence electrons. The van der Waals surface area contributed by atoms with Gasteiger partial charge in [0.1, 0.15) is 21.4 Å². The minimum absolute atomic E-state index is 0.173. The van der Waals surface area contributed by atoms with Gasteiger partial charge in [-0.1, -0.05) is 39.1 Å². The summed E-state index contributed by atoms with van der Waals surface area (Å²) in [5.41, 5.74) is -2.51. The summed E-state index contributed by atoms with van der Waals surface area (Å²) in [4.78, 5) is 11.2. The molecule has 0 radical (unpaired) electrons. The highest BCUT2D eigenvalue weighted by Crippen LogP contribution is 2.65. The van der Waals surface area contributed by atoms with E-state index in [1.807, 2.05) is 0 Å². The molecule has 0 spiro atoms. The average molecular weight is 346 g/mol. The van der Waals surface area contributed by atoms with Gasteiger partial charge in [-0.2, -0.15) is 0 Å². The highest BCUT2D eigenvalue weighted by atomic mass is 79.9. The van der Waals surface area contributed by atoms with Crippen molar-refractivity contribution in [3.63, 3.8) is 0 Å². The maximum atomic E-state index is 13.7. The van der Waals surface area contributed by atoms with Crippen molar-refractivity contribution in [2.75, 3.05) is 0 Å². The van der Waals surface area contributed by atoms with Crippen LogP contribution in [0.15, 0.2) is 16.6 Å². The second-order valence-corrected chi connectivity index (χ2v) is 6.24. The van der Waals surface area contributed by atoms with E-state index < -0.39 is 32.9 Å². The lowest BCUT2D eigenvalue weighted by Crippen LogP contribution is -2.28. The summed E-state index contributed by atoms with van der Waals surface area (Å²) in [7, 11) is 0. The van der Waals surface area contributed by atoms with Gasteiger partial charge in [0.2, 0.25) is 0 Å². The number of alkyl halides is 2. The lowest BCUT2D eigenvalue weighted by atomic mass is 9.95. The number of halogens is 5. The number of hydrogen-bond acceptors (Lipinski definition) is 1. The first-order valence-electron chi connectivity index (χ1n) is 4.48. The third-order valence-corrected chi connectivity index (χ3v) is 4.16. The van der Waals surface area contributed by atoms with Crippen LogP contribution >= 0.6 is 39.1 Å². The van der Waals surface area contributed by atoms with Crippen LogP contribution in [0.2, 0.25) is 0 Å². The molecule has 2 rings (SSSR count). The predicted molar refractivity (Wildman–Crippen MR) is 62.4 cm³/mol. The van der Waals surface area contributed by atoms with Crippen LogP contribution in [-0.4, -0.2) is 15.4 Å². The summed E-state index contributed by atoms with van der Waals surface area (Å²) in [5, 5.41) is 9.10. The van der Waals surface area contributed by atoms with Gasteiger partial charge in [-0.05, 0) is 12.1 Å². The van der Waals surface area contributed by atoms with E-state index in [0.29, 0.717) is 0 Å². The van der Waals surface area contributed by atoms with Crippen LogP contribution in [0.1, 0.15) is 12.0 Å². The SMILES string of the molecule is O=C(O)C1(c2c(F)cc(Br)cc2F)CC1(Cl)Cl. The first-order chi connectivity index (χ1) is 7.72. The molecule has 0 aromatic heterocycles. The Bertz CT molecular complexity index is 498. The van der Waals surface area contributed by atoms with Crippen LogP contribution in [0.4, 0.5) is 8.78 Å². The average Bonchev–Trinajstić information content (AvgIpc) is 2.68. The maximum absolute atomic E-state index is 13.7. The summed E-state index contributed by atoms with van der Waals surface area (Å²) >= 11 is 14.3. The monoisotopic (exact) mass is 344 g/mol. The molecule has 1 N–H and O–H groups in total. The van der Waals surface area contributed by atoms with Gasteiger partial charge < -0.3 is 5.11 Å². The van der Waals surface area contributed by atoms with Crippen molar-refractivity contribution in [3.05, 3.63) is 33.8 Å². The summed E-state index contributed by atoms with van der Waals surface area (Å²) in [6.07, 6.45) is -0.228. The molecule has 1 aliphatic carbocycles. The largest absolute Gasteiger partial charge is 0.480 e. The first-order valence-corrected chi connectivity index (χ1v) is 6.03. The minimum atomic E-state index is -1.91. The van der Waals surface area contributed by atoms with E-state index in [4.69, 9.17) is 28.3 Å². The number of aliphatic carboxylic acids is 1. The van der Waals surface area contributed by atoms with Crippen molar-refractivity contribution in [2.45, 2.75) is 16.2 Å². The van der Waals surface area contributed by atoms with Crippen LogP contribution < -0.4 is 0 Å². The van der Waals surface area contributed by atoms with Gasteiger partial charge in [0.05, 0.1) is 0 Å². The Kier molecular flexibility index (Phi) is 2.92. The molecular formula is C10H5BrCl2F2O2. The molecule has 17 heavy (non-hydrogen) atoms. The van der Waals surface area contributed by atoms with Crippen molar-refractivity contribution in [2.24, 2.45) is 0 Å². The van der Waals surface area contributed by atoms with Gasteiger partial charge in [-0.15, -0.1) is 0 Å². The van der Waals surface area contributed by atoms with E-state index in [9.17, 15) is 13.6 Å². The second-order valence-electron chi connectivity index (χ2n) is 3.84. The molecule has 0 bridgehead atoms. The fourth-order valence-electron chi connectivity index (χ4n) is 1.85. The third-order valence-electron chi connectivity index (χ3n) is 2.79. The molecule has 1 aromatic rings. The quantitative estimate of drug-likeness (QED) is 0.831. The molecule has 0 amide bonds. The molecule has 1 aromatic carbocycles. The summed E-state index contributed by atoms with van der Waals surface area (Å²) in [6, 6.07) is 1.95. The zero-order valence-corrected chi connectivity index (χ0v) is 11.2. The van der Waals surface area contributed by atoms with E-state index >= 15 is 0 Å². The Morgan fingerprint density at radius 1 is 1.35 bits per heavy atom. The Morgan fingerprint density at radius 3 is 2.06 bits per heavy atom. The van der Waals surface area contributed by atoms with Crippen molar-refractivity contribution >= 4 is 45.1 Å². The van der Waals surface area contributed by atoms with Gasteiger partial charge in [0, 0.05) is 16.5 Å². The number of carbonyl (C=O) groups is 1. The number of hydrogen-bond donors (Lipinski definition) is 1. The maximum Gasteiger partial charge on any atom is 0.317 e. The standard InChI is InChI=1S/C10H5BrCl2F2O2/c11-4-1-5(14)7(6(15)2-4)9(8(16)17)3-10(9,12)13/h1-2H,3H2,(H,16,17). The van der Waals surface area contributed by atoms with Gasteiger partial charge >= 0.3 is 5.97 Å². The topological polar surface area (TPSA) is 37.3 Å². The molecule has 1 saturated carbocycles. The normalized spacial score (nSPS) is 25.7.